The molecule has 2 saturated heterocycles. The molecule has 0 radical (unpaired) electrons. The summed E-state index contributed by atoms with van der Waals surface area (Å²) >= 11 is 0. The van der Waals surface area contributed by atoms with Crippen LogP contribution in [-0.4, -0.2) is 78.4 Å². The first-order valence-corrected chi connectivity index (χ1v) is 10.9. The third kappa shape index (κ3) is 5.92. The van der Waals surface area contributed by atoms with Gasteiger partial charge in [0.15, 0.2) is 0 Å². The lowest BCUT2D eigenvalue weighted by atomic mass is 10.1. The minimum Gasteiger partial charge on any atom is -0.490 e. The van der Waals surface area contributed by atoms with Crippen LogP contribution in [0.4, 0.5) is 13.2 Å². The quantitative estimate of drug-likeness (QED) is 0.754. The highest BCUT2D eigenvalue weighted by Gasteiger charge is 2.29. The fourth-order valence-corrected chi connectivity index (χ4v) is 4.38. The molecule has 0 spiro atoms. The van der Waals surface area contributed by atoms with Gasteiger partial charge in [-0.15, -0.1) is 0 Å². The monoisotopic (exact) mass is 438 g/mol. The third-order valence-electron chi connectivity index (χ3n) is 6.09. The number of nitrogens with zero attached hydrogens (tertiary/aromatic N) is 3. The van der Waals surface area contributed by atoms with Crippen LogP contribution in [0.1, 0.15) is 19.3 Å². The fourth-order valence-electron chi connectivity index (χ4n) is 4.38. The highest BCUT2D eigenvalue weighted by Crippen LogP contribution is 2.30. The van der Waals surface area contributed by atoms with E-state index in [1.54, 1.807) is 18.2 Å². The molecule has 0 saturated carbocycles. The van der Waals surface area contributed by atoms with E-state index in [4.69, 9.17) is 4.74 Å². The highest BCUT2D eigenvalue weighted by molar-refractivity contribution is 5.86. The summed E-state index contributed by atoms with van der Waals surface area (Å²) in [5.41, 5.74) is 0.540. The van der Waals surface area contributed by atoms with E-state index in [0.717, 1.165) is 57.5 Å². The van der Waals surface area contributed by atoms with Crippen molar-refractivity contribution < 1.29 is 22.7 Å². The van der Waals surface area contributed by atoms with Gasteiger partial charge in [0.25, 0.3) is 0 Å². The molecule has 4 rings (SSSR count). The molecule has 2 aromatic rings. The molecule has 0 atom stereocenters. The van der Waals surface area contributed by atoms with Gasteiger partial charge in [-0.2, -0.15) is 13.2 Å². The summed E-state index contributed by atoms with van der Waals surface area (Å²) in [5.74, 6) is 0.780. The summed E-state index contributed by atoms with van der Waals surface area (Å²) in [7, 11) is 0. The van der Waals surface area contributed by atoms with Crippen molar-refractivity contribution in [1.29, 1.82) is 0 Å². The first-order valence-electron chi connectivity index (χ1n) is 10.9. The predicted octanol–water partition coefficient (Wildman–Crippen LogP) is 2.87. The van der Waals surface area contributed by atoms with Gasteiger partial charge >= 0.3 is 6.18 Å². The molecule has 0 aliphatic carbocycles. The maximum Gasteiger partial charge on any atom is 0.406 e. The number of hydrogen-bond donors (Lipinski definition) is 1. The molecule has 2 aliphatic heterocycles. The van der Waals surface area contributed by atoms with Crippen LogP contribution in [0.5, 0.6) is 5.75 Å². The molecule has 1 amide bonds. The summed E-state index contributed by atoms with van der Waals surface area (Å²) in [6, 6.07) is 6.98. The Balaban J connectivity index is 1.28. The molecule has 31 heavy (non-hydrogen) atoms. The Labute approximate surface area is 179 Å². The lowest BCUT2D eigenvalue weighted by molar-refractivity contribution is -0.139. The molecule has 0 unspecified atom stereocenters. The van der Waals surface area contributed by atoms with Crippen LogP contribution in [0.15, 0.2) is 30.5 Å². The number of hydrogen-bond acceptors (Lipinski definition) is 4. The van der Waals surface area contributed by atoms with Gasteiger partial charge in [-0.25, -0.2) is 0 Å². The maximum absolute atomic E-state index is 12.8. The van der Waals surface area contributed by atoms with Crippen LogP contribution in [0.3, 0.4) is 0 Å². The summed E-state index contributed by atoms with van der Waals surface area (Å²) in [5, 5.41) is 3.62. The van der Waals surface area contributed by atoms with Crippen molar-refractivity contribution in [1.82, 2.24) is 19.7 Å². The van der Waals surface area contributed by atoms with Crippen molar-refractivity contribution in [3.63, 3.8) is 0 Å². The summed E-state index contributed by atoms with van der Waals surface area (Å²) in [6.45, 7) is 5.20. The van der Waals surface area contributed by atoms with Crippen LogP contribution in [-0.2, 0) is 11.3 Å². The van der Waals surface area contributed by atoms with E-state index < -0.39 is 12.7 Å². The van der Waals surface area contributed by atoms with E-state index in [1.165, 1.54) is 10.8 Å². The van der Waals surface area contributed by atoms with Crippen LogP contribution < -0.4 is 10.1 Å². The van der Waals surface area contributed by atoms with Crippen LogP contribution >= 0.6 is 0 Å². The number of halogens is 3. The van der Waals surface area contributed by atoms with Crippen molar-refractivity contribution in [2.75, 3.05) is 45.8 Å². The second kappa shape index (κ2) is 9.48. The van der Waals surface area contributed by atoms with Crippen molar-refractivity contribution in [2.45, 2.75) is 38.1 Å². The molecule has 170 valence electrons. The van der Waals surface area contributed by atoms with Gasteiger partial charge in [0.2, 0.25) is 5.91 Å². The second-order valence-electron chi connectivity index (χ2n) is 8.35. The third-order valence-corrected chi connectivity index (χ3v) is 6.09. The molecule has 6 nitrogen and oxygen atoms in total. The van der Waals surface area contributed by atoms with Gasteiger partial charge in [-0.3, -0.25) is 9.69 Å². The largest absolute Gasteiger partial charge is 0.490 e. The van der Waals surface area contributed by atoms with Gasteiger partial charge in [0, 0.05) is 63.8 Å². The molecule has 3 heterocycles. The van der Waals surface area contributed by atoms with Gasteiger partial charge in [0.05, 0.1) is 5.52 Å². The number of amides is 1. The number of alkyl halides is 3. The Morgan fingerprint density at radius 3 is 2.52 bits per heavy atom. The first kappa shape index (κ1) is 22.0. The van der Waals surface area contributed by atoms with E-state index in [9.17, 15) is 18.0 Å². The maximum atomic E-state index is 12.8. The average molecular weight is 438 g/mol. The number of carbonyl (C=O) groups is 1. The van der Waals surface area contributed by atoms with Crippen molar-refractivity contribution in [3.8, 4) is 5.75 Å². The highest BCUT2D eigenvalue weighted by atomic mass is 19.4. The number of fused-ring (bicyclic) bond motifs is 1. The number of nitrogens with one attached hydrogen (secondary N) is 1. The number of aromatic nitrogens is 1. The van der Waals surface area contributed by atoms with Gasteiger partial charge in [-0.05, 0) is 31.0 Å². The van der Waals surface area contributed by atoms with Gasteiger partial charge < -0.3 is 19.5 Å². The number of rotatable bonds is 6. The Morgan fingerprint density at radius 2 is 1.77 bits per heavy atom. The Hall–Kier alpha value is -2.26. The zero-order chi connectivity index (χ0) is 21.8. The molecule has 2 aliphatic rings. The fraction of sp³-hybridized carbons (Fsp3) is 0.591. The zero-order valence-electron chi connectivity index (χ0n) is 17.5. The topological polar surface area (TPSA) is 49.7 Å². The van der Waals surface area contributed by atoms with Crippen molar-refractivity contribution in [2.24, 2.45) is 0 Å². The number of piperidine rings is 1. The van der Waals surface area contributed by atoms with Gasteiger partial charge in [0.1, 0.15) is 18.4 Å². The molecule has 2 fully saturated rings. The molecule has 1 aromatic carbocycles. The van der Waals surface area contributed by atoms with Crippen molar-refractivity contribution in [3.05, 3.63) is 30.5 Å². The first-order chi connectivity index (χ1) is 14.9. The van der Waals surface area contributed by atoms with E-state index in [0.29, 0.717) is 24.2 Å². The standard InChI is InChI=1S/C22H29F3N4O2/c23-22(24,25)16-29-12-6-18-19(29)2-1-3-20(18)31-17-4-9-27(10-5-17)14-15-28-11-7-21(30)26-8-13-28/h1-3,6,12,17H,4-5,7-11,13-16H2,(H,26,30). The van der Waals surface area contributed by atoms with E-state index in [-0.39, 0.29) is 12.0 Å². The van der Waals surface area contributed by atoms with Crippen molar-refractivity contribution >= 4 is 16.8 Å². The van der Waals surface area contributed by atoms with Gasteiger partial charge in [-0.1, -0.05) is 6.07 Å². The lowest BCUT2D eigenvalue weighted by Crippen LogP contribution is -2.42. The van der Waals surface area contributed by atoms with E-state index in [2.05, 4.69) is 15.1 Å². The normalized spacial score (nSPS) is 20.0. The van der Waals surface area contributed by atoms with E-state index in [1.807, 2.05) is 6.07 Å². The Morgan fingerprint density at radius 1 is 1.03 bits per heavy atom. The minimum atomic E-state index is -4.25. The van der Waals surface area contributed by atoms with Crippen LogP contribution in [0.2, 0.25) is 0 Å². The lowest BCUT2D eigenvalue weighted by Gasteiger charge is -2.33. The molecule has 9 heteroatoms. The summed E-state index contributed by atoms with van der Waals surface area (Å²) < 4.78 is 45.8. The smallest absolute Gasteiger partial charge is 0.406 e. The number of ether oxygens (including phenoxy) is 1. The molecule has 1 aromatic heterocycles. The summed E-state index contributed by atoms with van der Waals surface area (Å²) in [6.07, 6.45) is -0.382. The number of carbonyl (C=O) groups excluding carboxylic acids is 1. The minimum absolute atomic E-state index is 0.0628. The number of benzene rings is 1. The average Bonchev–Trinajstić information content (AvgIpc) is 3.00. The molecular formula is C22H29F3N4O2. The zero-order valence-corrected chi connectivity index (χ0v) is 17.5. The second-order valence-corrected chi connectivity index (χ2v) is 8.35. The predicted molar refractivity (Wildman–Crippen MR) is 112 cm³/mol. The number of likely N-dealkylation sites (tertiary alicyclic amines) is 1. The van der Waals surface area contributed by atoms with Crippen LogP contribution in [0, 0.1) is 0 Å². The molecular weight excluding hydrogens is 409 g/mol. The molecule has 1 N–H and O–H groups in total. The van der Waals surface area contributed by atoms with E-state index >= 15 is 0 Å². The molecule has 0 bridgehead atoms. The SMILES string of the molecule is O=C1CCN(CCN2CCC(Oc3cccc4c3ccn4CC(F)(F)F)CC2)CCN1. The Kier molecular flexibility index (Phi) is 6.71. The Bertz CT molecular complexity index is 890. The summed E-state index contributed by atoms with van der Waals surface area (Å²) in [4.78, 5) is 16.2. The van der Waals surface area contributed by atoms with Crippen LogP contribution in [0.25, 0.3) is 10.9 Å².